The first-order valence-electron chi connectivity index (χ1n) is 5.50. The van der Waals surface area contributed by atoms with Gasteiger partial charge in [-0.15, -0.1) is 0 Å². The summed E-state index contributed by atoms with van der Waals surface area (Å²) in [5.74, 6) is 1.47. The van der Waals surface area contributed by atoms with Crippen LogP contribution in [0.3, 0.4) is 0 Å². The molecule has 6 nitrogen and oxygen atoms in total. The fourth-order valence-corrected chi connectivity index (χ4v) is 1.42. The average molecular weight is 254 g/mol. The molecule has 0 fully saturated rings. The summed E-state index contributed by atoms with van der Waals surface area (Å²) in [5.41, 5.74) is 5.86. The van der Waals surface area contributed by atoms with E-state index in [0.717, 1.165) is 17.1 Å². The molecule has 0 aliphatic rings. The zero-order valence-corrected chi connectivity index (χ0v) is 10.6. The summed E-state index contributed by atoms with van der Waals surface area (Å²) in [6, 6.07) is 5.62. The Kier molecular flexibility index (Phi) is 5.79. The first kappa shape index (κ1) is 14.1. The van der Waals surface area contributed by atoms with Crippen molar-refractivity contribution in [2.75, 3.05) is 27.4 Å². The van der Waals surface area contributed by atoms with Crippen LogP contribution < -0.4 is 20.5 Å². The van der Waals surface area contributed by atoms with Gasteiger partial charge in [-0.3, -0.25) is 0 Å². The number of benzene rings is 1. The highest BCUT2D eigenvalue weighted by Gasteiger charge is 2.01. The Morgan fingerprint density at radius 1 is 1.22 bits per heavy atom. The number of methoxy groups -OCH3 is 2. The fraction of sp³-hybridized carbons (Fsp3) is 0.417. The molecular weight excluding hydrogens is 236 g/mol. The molecule has 1 amide bonds. The van der Waals surface area contributed by atoms with Crippen LogP contribution in [0, 0.1) is 0 Å². The first-order chi connectivity index (χ1) is 8.65. The van der Waals surface area contributed by atoms with Gasteiger partial charge >= 0.3 is 6.09 Å². The van der Waals surface area contributed by atoms with Crippen LogP contribution in [0.4, 0.5) is 4.79 Å². The Balaban J connectivity index is 2.43. The van der Waals surface area contributed by atoms with Crippen LogP contribution in [0.25, 0.3) is 0 Å². The highest BCUT2D eigenvalue weighted by atomic mass is 16.5. The van der Waals surface area contributed by atoms with Crippen molar-refractivity contribution >= 4 is 6.09 Å². The molecule has 6 heteroatoms. The van der Waals surface area contributed by atoms with E-state index in [0.29, 0.717) is 13.1 Å². The molecule has 0 bridgehead atoms. The molecule has 0 aliphatic heterocycles. The molecule has 0 radical (unpaired) electrons. The van der Waals surface area contributed by atoms with Gasteiger partial charge in [0.2, 0.25) is 0 Å². The molecule has 18 heavy (non-hydrogen) atoms. The number of hydrogen-bond donors (Lipinski definition) is 2. The number of nitrogens with two attached hydrogens (primary N) is 1. The number of amides is 1. The Bertz CT molecular complexity index is 373. The van der Waals surface area contributed by atoms with E-state index in [-0.39, 0.29) is 6.61 Å². The molecule has 0 heterocycles. The van der Waals surface area contributed by atoms with Crippen LogP contribution in [-0.4, -0.2) is 33.5 Å². The average Bonchev–Trinajstić information content (AvgIpc) is 2.37. The summed E-state index contributed by atoms with van der Waals surface area (Å²) >= 11 is 0. The van der Waals surface area contributed by atoms with E-state index in [2.05, 4.69) is 10.1 Å². The van der Waals surface area contributed by atoms with Gasteiger partial charge in [0, 0.05) is 19.2 Å². The number of ether oxygens (including phenoxy) is 3. The van der Waals surface area contributed by atoms with Gasteiger partial charge < -0.3 is 25.3 Å². The lowest BCUT2D eigenvalue weighted by Crippen LogP contribution is -2.23. The van der Waals surface area contributed by atoms with Crippen LogP contribution in [0.1, 0.15) is 5.56 Å². The summed E-state index contributed by atoms with van der Waals surface area (Å²) in [7, 11) is 3.21. The lowest BCUT2D eigenvalue weighted by Gasteiger charge is -2.09. The van der Waals surface area contributed by atoms with Crippen LogP contribution in [-0.2, 0) is 11.3 Å². The van der Waals surface area contributed by atoms with Crippen molar-refractivity contribution in [3.8, 4) is 11.5 Å². The summed E-state index contributed by atoms with van der Waals surface area (Å²) in [4.78, 5) is 10.3. The zero-order valence-electron chi connectivity index (χ0n) is 10.6. The maximum Gasteiger partial charge on any atom is 0.404 e. The second kappa shape index (κ2) is 7.39. The maximum atomic E-state index is 10.3. The van der Waals surface area contributed by atoms with Crippen molar-refractivity contribution in [2.24, 2.45) is 5.73 Å². The smallest absolute Gasteiger partial charge is 0.404 e. The molecule has 100 valence electrons. The molecule has 0 aromatic heterocycles. The molecule has 0 atom stereocenters. The number of carbonyl (C=O) groups excluding carboxylic acids is 1. The van der Waals surface area contributed by atoms with E-state index in [1.165, 1.54) is 0 Å². The topological polar surface area (TPSA) is 82.8 Å². The normalized spacial score (nSPS) is 9.89. The standard InChI is InChI=1S/C12H18N2O4/c1-16-10-5-9(6-11(7-10)17-2)8-14-3-4-18-12(13)15/h5-7,14H,3-4,8H2,1-2H3,(H2,13,15). The molecule has 1 rings (SSSR count). The van der Waals surface area contributed by atoms with Gasteiger partial charge in [-0.25, -0.2) is 4.79 Å². The second-order valence-corrected chi connectivity index (χ2v) is 3.57. The molecule has 1 aromatic rings. The zero-order chi connectivity index (χ0) is 13.4. The molecule has 0 spiro atoms. The SMILES string of the molecule is COc1cc(CNCCOC(N)=O)cc(OC)c1. The van der Waals surface area contributed by atoms with Crippen molar-refractivity contribution in [1.29, 1.82) is 0 Å². The maximum absolute atomic E-state index is 10.3. The number of rotatable bonds is 7. The largest absolute Gasteiger partial charge is 0.497 e. The third-order valence-corrected chi connectivity index (χ3v) is 2.26. The van der Waals surface area contributed by atoms with Gasteiger partial charge in [0.1, 0.15) is 18.1 Å². The monoisotopic (exact) mass is 254 g/mol. The summed E-state index contributed by atoms with van der Waals surface area (Å²) < 4.78 is 14.9. The highest BCUT2D eigenvalue weighted by Crippen LogP contribution is 2.22. The number of carbonyl (C=O) groups is 1. The van der Waals surface area contributed by atoms with Crippen molar-refractivity contribution in [2.45, 2.75) is 6.54 Å². The van der Waals surface area contributed by atoms with E-state index in [9.17, 15) is 4.79 Å². The third kappa shape index (κ3) is 4.92. The Labute approximate surface area is 106 Å². The summed E-state index contributed by atoms with van der Waals surface area (Å²) in [6.45, 7) is 1.40. The summed E-state index contributed by atoms with van der Waals surface area (Å²) in [6.07, 6.45) is -0.764. The third-order valence-electron chi connectivity index (χ3n) is 2.26. The molecule has 0 aliphatic carbocycles. The Morgan fingerprint density at radius 2 is 1.83 bits per heavy atom. The molecule has 3 N–H and O–H groups in total. The van der Waals surface area contributed by atoms with Crippen LogP contribution in [0.15, 0.2) is 18.2 Å². The number of primary amides is 1. The van der Waals surface area contributed by atoms with E-state index in [1.54, 1.807) is 20.3 Å². The minimum Gasteiger partial charge on any atom is -0.497 e. The molecule has 1 aromatic carbocycles. The van der Waals surface area contributed by atoms with E-state index in [1.807, 2.05) is 12.1 Å². The van der Waals surface area contributed by atoms with E-state index >= 15 is 0 Å². The molecular formula is C12H18N2O4. The van der Waals surface area contributed by atoms with Crippen molar-refractivity contribution in [3.05, 3.63) is 23.8 Å². The Hall–Kier alpha value is -1.95. The predicted octanol–water partition coefficient (Wildman–Crippen LogP) is 0.889. The Morgan fingerprint density at radius 3 is 2.33 bits per heavy atom. The van der Waals surface area contributed by atoms with Gasteiger partial charge in [0.25, 0.3) is 0 Å². The van der Waals surface area contributed by atoms with Gasteiger partial charge in [0.05, 0.1) is 14.2 Å². The number of hydrogen-bond acceptors (Lipinski definition) is 5. The fourth-order valence-electron chi connectivity index (χ4n) is 1.42. The van der Waals surface area contributed by atoms with Crippen molar-refractivity contribution < 1.29 is 19.0 Å². The lowest BCUT2D eigenvalue weighted by molar-refractivity contribution is 0.157. The van der Waals surface area contributed by atoms with E-state index in [4.69, 9.17) is 15.2 Å². The quantitative estimate of drug-likeness (QED) is 0.706. The molecule has 0 saturated heterocycles. The van der Waals surface area contributed by atoms with Crippen molar-refractivity contribution in [1.82, 2.24) is 5.32 Å². The minimum absolute atomic E-state index is 0.246. The van der Waals surface area contributed by atoms with Crippen LogP contribution in [0.5, 0.6) is 11.5 Å². The minimum atomic E-state index is -0.764. The number of nitrogens with one attached hydrogen (secondary N) is 1. The first-order valence-corrected chi connectivity index (χ1v) is 5.50. The van der Waals surface area contributed by atoms with Crippen molar-refractivity contribution in [3.63, 3.8) is 0 Å². The van der Waals surface area contributed by atoms with E-state index < -0.39 is 6.09 Å². The second-order valence-electron chi connectivity index (χ2n) is 3.57. The van der Waals surface area contributed by atoms with Gasteiger partial charge in [-0.2, -0.15) is 0 Å². The van der Waals surface area contributed by atoms with Crippen LogP contribution in [0.2, 0.25) is 0 Å². The highest BCUT2D eigenvalue weighted by molar-refractivity contribution is 5.64. The van der Waals surface area contributed by atoms with Gasteiger partial charge in [-0.05, 0) is 17.7 Å². The lowest BCUT2D eigenvalue weighted by atomic mass is 10.2. The van der Waals surface area contributed by atoms with Gasteiger partial charge in [0.15, 0.2) is 0 Å². The molecule has 0 saturated carbocycles. The summed E-state index contributed by atoms with van der Waals surface area (Å²) in [5, 5.41) is 3.12. The molecule has 0 unspecified atom stereocenters. The van der Waals surface area contributed by atoms with Gasteiger partial charge in [-0.1, -0.05) is 0 Å². The predicted molar refractivity (Wildman–Crippen MR) is 66.8 cm³/mol. The van der Waals surface area contributed by atoms with Crippen LogP contribution >= 0.6 is 0 Å².